The molecule has 0 heterocycles. The number of allylic oxidation sites excluding steroid dienone is 1. The van der Waals surface area contributed by atoms with Crippen molar-refractivity contribution in [2.24, 2.45) is 23.0 Å². The van der Waals surface area contributed by atoms with Gasteiger partial charge in [0.1, 0.15) is 5.60 Å². The largest absolute Gasteiger partial charge is 0.444 e. The monoisotopic (exact) mass is 280 g/mol. The molecule has 3 rings (SSSR count). The van der Waals surface area contributed by atoms with Crippen molar-refractivity contribution >= 4 is 6.09 Å². The summed E-state index contributed by atoms with van der Waals surface area (Å²) in [5.74, 6) is 1.39. The zero-order chi connectivity index (χ0) is 15.1. The molecule has 3 N–H and O–H groups in total. The van der Waals surface area contributed by atoms with E-state index in [0.29, 0.717) is 17.9 Å². The number of rotatable bonds is 3. The van der Waals surface area contributed by atoms with Crippen LogP contribution in [-0.2, 0) is 4.74 Å². The summed E-state index contributed by atoms with van der Waals surface area (Å²) in [6.45, 7) is 10.7. The van der Waals surface area contributed by atoms with Crippen molar-refractivity contribution in [1.29, 1.82) is 0 Å². The topological polar surface area (TPSA) is 64.3 Å². The summed E-state index contributed by atoms with van der Waals surface area (Å²) in [6.07, 6.45) is 4.26. The summed E-state index contributed by atoms with van der Waals surface area (Å²) < 4.78 is 5.23. The molecule has 0 saturated heterocycles. The van der Waals surface area contributed by atoms with Gasteiger partial charge in [0.05, 0.1) is 0 Å². The van der Waals surface area contributed by atoms with Crippen molar-refractivity contribution in [3.63, 3.8) is 0 Å². The van der Waals surface area contributed by atoms with Crippen LogP contribution < -0.4 is 11.1 Å². The van der Waals surface area contributed by atoms with Crippen LogP contribution in [0.15, 0.2) is 11.6 Å². The number of alkyl carbamates (subject to hydrolysis) is 1. The van der Waals surface area contributed by atoms with E-state index in [9.17, 15) is 4.79 Å². The lowest BCUT2D eigenvalue weighted by molar-refractivity contribution is -0.00981. The van der Waals surface area contributed by atoms with Crippen molar-refractivity contribution in [2.75, 3.05) is 6.54 Å². The first-order chi connectivity index (χ1) is 9.11. The third-order valence-corrected chi connectivity index (χ3v) is 4.80. The molecule has 1 amide bonds. The van der Waals surface area contributed by atoms with Crippen LogP contribution in [0.2, 0.25) is 0 Å². The van der Waals surface area contributed by atoms with Crippen LogP contribution in [-0.4, -0.2) is 24.3 Å². The van der Waals surface area contributed by atoms with Gasteiger partial charge in [0, 0.05) is 12.6 Å². The van der Waals surface area contributed by atoms with Crippen molar-refractivity contribution in [3.8, 4) is 0 Å². The molecule has 0 spiro atoms. The fourth-order valence-corrected chi connectivity index (χ4v) is 3.44. The molecule has 0 aliphatic heterocycles. The number of nitrogens with one attached hydrogen (secondary N) is 1. The lowest BCUT2D eigenvalue weighted by atomic mass is 9.48. The number of amides is 1. The van der Waals surface area contributed by atoms with Gasteiger partial charge in [0.25, 0.3) is 0 Å². The molecule has 4 nitrogen and oxygen atoms in total. The van der Waals surface area contributed by atoms with Gasteiger partial charge in [0.15, 0.2) is 0 Å². The Morgan fingerprint density at radius 1 is 1.55 bits per heavy atom. The third-order valence-electron chi connectivity index (χ3n) is 4.80. The molecule has 1 fully saturated rings. The highest BCUT2D eigenvalue weighted by molar-refractivity contribution is 5.67. The first-order valence-electron chi connectivity index (χ1n) is 7.53. The van der Waals surface area contributed by atoms with Gasteiger partial charge in [-0.05, 0) is 50.9 Å². The van der Waals surface area contributed by atoms with E-state index in [1.165, 1.54) is 12.0 Å². The predicted molar refractivity (Wildman–Crippen MR) is 80.3 cm³/mol. The second-order valence-corrected chi connectivity index (χ2v) is 7.74. The molecule has 3 aliphatic rings. The Bertz CT molecular complexity index is 421. The first-order valence-corrected chi connectivity index (χ1v) is 7.53. The third kappa shape index (κ3) is 3.00. The summed E-state index contributed by atoms with van der Waals surface area (Å²) in [6, 6.07) is -0.104. The summed E-state index contributed by atoms with van der Waals surface area (Å²) in [4.78, 5) is 11.7. The van der Waals surface area contributed by atoms with E-state index in [0.717, 1.165) is 12.3 Å². The standard InChI is InChI=1S/C16H28N2O2/c1-15(2,3)20-14(19)18-9-13(17)11-7-6-10-8-12(11)16(10,4)5/h7,10,12-13H,6,8-9,17H2,1-5H3,(H,18,19). The van der Waals surface area contributed by atoms with E-state index in [-0.39, 0.29) is 6.04 Å². The molecule has 4 heteroatoms. The normalized spacial score (nSPS) is 29.0. The number of carbonyl (C=O) groups is 1. The van der Waals surface area contributed by atoms with Gasteiger partial charge in [-0.15, -0.1) is 0 Å². The molecule has 0 aromatic heterocycles. The average molecular weight is 280 g/mol. The summed E-state index contributed by atoms with van der Waals surface area (Å²) >= 11 is 0. The maximum absolute atomic E-state index is 11.7. The van der Waals surface area contributed by atoms with Crippen LogP contribution in [0.4, 0.5) is 4.79 Å². The predicted octanol–water partition coefficient (Wildman–Crippen LogP) is 2.83. The van der Waals surface area contributed by atoms with E-state index in [1.54, 1.807) is 0 Å². The highest BCUT2D eigenvalue weighted by Gasteiger charge is 2.51. The molecule has 114 valence electrons. The highest BCUT2D eigenvalue weighted by atomic mass is 16.6. The van der Waals surface area contributed by atoms with Crippen LogP contribution in [0, 0.1) is 17.3 Å². The molecular weight excluding hydrogens is 252 g/mol. The minimum absolute atomic E-state index is 0.104. The van der Waals surface area contributed by atoms with E-state index in [1.807, 2.05) is 20.8 Å². The SMILES string of the molecule is CC(C)(C)OC(=O)NCC(N)C1=CCC2CC1C2(C)C. The fraction of sp³-hybridized carbons (Fsp3) is 0.812. The Balaban J connectivity index is 1.86. The maximum atomic E-state index is 11.7. The van der Waals surface area contributed by atoms with E-state index in [4.69, 9.17) is 10.5 Å². The minimum atomic E-state index is -0.471. The number of nitrogens with two attached hydrogens (primary N) is 1. The molecule has 3 unspecified atom stereocenters. The second kappa shape index (κ2) is 5.06. The summed E-state index contributed by atoms with van der Waals surface area (Å²) in [5.41, 5.74) is 7.47. The smallest absolute Gasteiger partial charge is 0.407 e. The zero-order valence-corrected chi connectivity index (χ0v) is 13.3. The molecular formula is C16H28N2O2. The molecule has 3 atom stereocenters. The molecule has 0 aromatic carbocycles. The molecule has 20 heavy (non-hydrogen) atoms. The van der Waals surface area contributed by atoms with Crippen molar-refractivity contribution in [1.82, 2.24) is 5.32 Å². The van der Waals surface area contributed by atoms with Gasteiger partial charge in [-0.3, -0.25) is 0 Å². The Morgan fingerprint density at radius 3 is 2.70 bits per heavy atom. The lowest BCUT2D eigenvalue weighted by Gasteiger charge is -2.57. The maximum Gasteiger partial charge on any atom is 0.407 e. The quantitative estimate of drug-likeness (QED) is 0.781. The van der Waals surface area contributed by atoms with Crippen LogP contribution >= 0.6 is 0 Å². The number of hydrogen-bond acceptors (Lipinski definition) is 3. The van der Waals surface area contributed by atoms with Crippen molar-refractivity contribution in [2.45, 2.75) is 59.1 Å². The van der Waals surface area contributed by atoms with Gasteiger partial charge in [-0.1, -0.05) is 25.5 Å². The number of hydrogen-bond donors (Lipinski definition) is 2. The average Bonchev–Trinajstić information content (AvgIpc) is 2.33. The second-order valence-electron chi connectivity index (χ2n) is 7.74. The molecule has 2 bridgehead atoms. The van der Waals surface area contributed by atoms with E-state index in [2.05, 4.69) is 25.2 Å². The Hall–Kier alpha value is -1.03. The molecule has 1 saturated carbocycles. The highest BCUT2D eigenvalue weighted by Crippen LogP contribution is 2.59. The number of fused-ring (bicyclic) bond motifs is 1. The summed E-state index contributed by atoms with van der Waals surface area (Å²) in [5, 5.41) is 2.77. The van der Waals surface area contributed by atoms with Crippen molar-refractivity contribution in [3.05, 3.63) is 11.6 Å². The van der Waals surface area contributed by atoms with E-state index >= 15 is 0 Å². The summed E-state index contributed by atoms with van der Waals surface area (Å²) in [7, 11) is 0. The van der Waals surface area contributed by atoms with Crippen LogP contribution in [0.25, 0.3) is 0 Å². The van der Waals surface area contributed by atoms with Gasteiger partial charge < -0.3 is 15.8 Å². The molecule has 0 aromatic rings. The van der Waals surface area contributed by atoms with Gasteiger partial charge >= 0.3 is 6.09 Å². The number of ether oxygens (including phenoxy) is 1. The van der Waals surface area contributed by atoms with Crippen LogP contribution in [0.5, 0.6) is 0 Å². The van der Waals surface area contributed by atoms with Crippen molar-refractivity contribution < 1.29 is 9.53 Å². The van der Waals surface area contributed by atoms with Crippen LogP contribution in [0.3, 0.4) is 0 Å². The zero-order valence-electron chi connectivity index (χ0n) is 13.3. The fourth-order valence-electron chi connectivity index (χ4n) is 3.44. The first kappa shape index (κ1) is 15.4. The van der Waals surface area contributed by atoms with Gasteiger partial charge in [-0.25, -0.2) is 4.79 Å². The number of carbonyl (C=O) groups excluding carboxylic acids is 1. The van der Waals surface area contributed by atoms with Gasteiger partial charge in [-0.2, -0.15) is 0 Å². The van der Waals surface area contributed by atoms with Gasteiger partial charge in [0.2, 0.25) is 0 Å². The Morgan fingerprint density at radius 2 is 2.20 bits per heavy atom. The van der Waals surface area contributed by atoms with Crippen LogP contribution in [0.1, 0.15) is 47.5 Å². The lowest BCUT2D eigenvalue weighted by Crippen LogP contribution is -2.53. The molecule has 3 aliphatic carbocycles. The Labute approximate surface area is 122 Å². The van der Waals surface area contributed by atoms with E-state index < -0.39 is 11.7 Å². The Kier molecular flexibility index (Phi) is 3.89. The minimum Gasteiger partial charge on any atom is -0.444 e. The molecule has 0 radical (unpaired) electrons.